The fraction of sp³-hybridized carbons (Fsp3) is 0.636. The molecule has 1 unspecified atom stereocenters. The van der Waals surface area contributed by atoms with Gasteiger partial charge in [0.15, 0.2) is 0 Å². The van der Waals surface area contributed by atoms with Crippen molar-refractivity contribution in [3.63, 3.8) is 0 Å². The second-order valence-corrected chi connectivity index (χ2v) is 8.34. The summed E-state index contributed by atoms with van der Waals surface area (Å²) in [5.41, 5.74) is 6.02. The molecule has 1 aromatic rings. The maximum atomic E-state index is 12.6. The van der Waals surface area contributed by atoms with Crippen LogP contribution in [0.5, 0.6) is 5.75 Å². The van der Waals surface area contributed by atoms with Gasteiger partial charge in [-0.25, -0.2) is 4.79 Å². The average molecular weight is 419 g/mol. The van der Waals surface area contributed by atoms with E-state index in [1.54, 1.807) is 14.2 Å². The van der Waals surface area contributed by atoms with E-state index >= 15 is 0 Å². The fourth-order valence-electron chi connectivity index (χ4n) is 4.64. The van der Waals surface area contributed by atoms with Gasteiger partial charge < -0.3 is 25.4 Å². The number of methoxy groups -OCH3 is 2. The number of hydrogen-bond donors (Lipinski definition) is 2. The Labute approximate surface area is 178 Å². The van der Waals surface area contributed by atoms with Gasteiger partial charge in [0.05, 0.1) is 12.5 Å². The average Bonchev–Trinajstić information content (AvgIpc) is 2.78. The van der Waals surface area contributed by atoms with E-state index in [0.717, 1.165) is 37.9 Å². The number of benzene rings is 1. The summed E-state index contributed by atoms with van der Waals surface area (Å²) >= 11 is 0. The zero-order valence-corrected chi connectivity index (χ0v) is 18.1. The van der Waals surface area contributed by atoms with E-state index < -0.39 is 5.41 Å². The Morgan fingerprint density at radius 3 is 2.67 bits per heavy atom. The molecule has 3 amide bonds. The molecule has 0 spiro atoms. The van der Waals surface area contributed by atoms with Crippen molar-refractivity contribution in [2.45, 2.75) is 38.1 Å². The molecule has 0 aromatic heterocycles. The first-order valence-corrected chi connectivity index (χ1v) is 10.7. The summed E-state index contributed by atoms with van der Waals surface area (Å²) in [6.07, 6.45) is 4.24. The number of urea groups is 1. The van der Waals surface area contributed by atoms with Gasteiger partial charge in [0, 0.05) is 51.1 Å². The van der Waals surface area contributed by atoms with Crippen molar-refractivity contribution in [1.82, 2.24) is 9.80 Å². The first-order chi connectivity index (χ1) is 14.5. The van der Waals surface area contributed by atoms with Crippen LogP contribution in [0.2, 0.25) is 0 Å². The molecule has 8 heteroatoms. The van der Waals surface area contributed by atoms with Crippen LogP contribution in [0.4, 0.5) is 10.5 Å². The maximum Gasteiger partial charge on any atom is 0.321 e. The second-order valence-electron chi connectivity index (χ2n) is 8.34. The third-order valence-electron chi connectivity index (χ3n) is 6.50. The minimum Gasteiger partial charge on any atom is -0.497 e. The van der Waals surface area contributed by atoms with Crippen molar-refractivity contribution in [2.24, 2.45) is 11.1 Å². The number of hydrogen-bond acceptors (Lipinski definition) is 5. The number of nitrogens with zero attached hydrogens (tertiary/aromatic N) is 2. The lowest BCUT2D eigenvalue weighted by atomic mass is 9.76. The number of piperidine rings is 2. The third kappa shape index (κ3) is 5.23. The quantitative estimate of drug-likeness (QED) is 0.708. The van der Waals surface area contributed by atoms with Crippen molar-refractivity contribution < 1.29 is 19.1 Å². The smallest absolute Gasteiger partial charge is 0.321 e. The van der Waals surface area contributed by atoms with Crippen LogP contribution in [0, 0.1) is 5.41 Å². The summed E-state index contributed by atoms with van der Waals surface area (Å²) in [6, 6.07) is 7.63. The number of likely N-dealkylation sites (tertiary alicyclic amines) is 2. The summed E-state index contributed by atoms with van der Waals surface area (Å²) in [5, 5.41) is 2.95. The lowest BCUT2D eigenvalue weighted by molar-refractivity contribution is -0.133. The lowest BCUT2D eigenvalue weighted by Gasteiger charge is -2.46. The Kier molecular flexibility index (Phi) is 7.55. The fourth-order valence-corrected chi connectivity index (χ4v) is 4.64. The SMILES string of the molecule is COCCC1(C(N)=O)CCCN(C2CCN(C(=O)Nc3cccc(OC)c3)CC2)C1. The van der Waals surface area contributed by atoms with Gasteiger partial charge in [0.2, 0.25) is 5.91 Å². The topological polar surface area (TPSA) is 97.1 Å². The highest BCUT2D eigenvalue weighted by Gasteiger charge is 2.42. The maximum absolute atomic E-state index is 12.6. The molecule has 2 aliphatic rings. The molecule has 0 aliphatic carbocycles. The van der Waals surface area contributed by atoms with Crippen molar-refractivity contribution in [3.05, 3.63) is 24.3 Å². The van der Waals surface area contributed by atoms with E-state index in [0.29, 0.717) is 44.5 Å². The molecule has 1 aromatic carbocycles. The first kappa shape index (κ1) is 22.4. The van der Waals surface area contributed by atoms with E-state index in [1.807, 2.05) is 29.2 Å². The standard InChI is InChI=1S/C22H34N4O4/c1-29-14-10-22(20(23)27)9-4-11-26(16-22)18-7-12-25(13-8-18)21(28)24-17-5-3-6-19(15-17)30-2/h3,5-6,15,18H,4,7-14,16H2,1-2H3,(H2,23,27)(H,24,28). The molecule has 3 rings (SSSR count). The Balaban J connectivity index is 1.54. The summed E-state index contributed by atoms with van der Waals surface area (Å²) in [7, 11) is 3.26. The van der Waals surface area contributed by atoms with Crippen LogP contribution in [0.3, 0.4) is 0 Å². The van der Waals surface area contributed by atoms with E-state index in [1.165, 1.54) is 0 Å². The van der Waals surface area contributed by atoms with Gasteiger partial charge in [0.25, 0.3) is 0 Å². The zero-order chi connectivity index (χ0) is 21.6. The lowest BCUT2D eigenvalue weighted by Crippen LogP contribution is -2.56. The number of carbonyl (C=O) groups excluding carboxylic acids is 2. The zero-order valence-electron chi connectivity index (χ0n) is 18.1. The molecule has 8 nitrogen and oxygen atoms in total. The molecule has 0 radical (unpaired) electrons. The highest BCUT2D eigenvalue weighted by molar-refractivity contribution is 5.89. The molecular formula is C22H34N4O4. The number of primary amides is 1. The van der Waals surface area contributed by atoms with Crippen molar-refractivity contribution >= 4 is 17.6 Å². The number of carbonyl (C=O) groups is 2. The molecule has 2 aliphatic heterocycles. The van der Waals surface area contributed by atoms with Crippen LogP contribution >= 0.6 is 0 Å². The van der Waals surface area contributed by atoms with Crippen LogP contribution in [0.25, 0.3) is 0 Å². The molecular weight excluding hydrogens is 384 g/mol. The minimum atomic E-state index is -0.505. The molecule has 2 fully saturated rings. The van der Waals surface area contributed by atoms with Gasteiger partial charge in [-0.15, -0.1) is 0 Å². The van der Waals surface area contributed by atoms with Crippen molar-refractivity contribution in [3.8, 4) is 5.75 Å². The molecule has 2 heterocycles. The van der Waals surface area contributed by atoms with Crippen LogP contribution < -0.4 is 15.8 Å². The number of ether oxygens (including phenoxy) is 2. The highest BCUT2D eigenvalue weighted by Crippen LogP contribution is 2.35. The van der Waals surface area contributed by atoms with Gasteiger partial charge in [-0.2, -0.15) is 0 Å². The predicted octanol–water partition coefficient (Wildman–Crippen LogP) is 2.30. The Hall–Kier alpha value is -2.32. The van der Waals surface area contributed by atoms with E-state index in [2.05, 4.69) is 10.2 Å². The van der Waals surface area contributed by atoms with Crippen molar-refractivity contribution in [1.29, 1.82) is 0 Å². The molecule has 1 atom stereocenters. The molecule has 3 N–H and O–H groups in total. The van der Waals surface area contributed by atoms with Gasteiger partial charge >= 0.3 is 6.03 Å². The van der Waals surface area contributed by atoms with Crippen LogP contribution in [-0.2, 0) is 9.53 Å². The Morgan fingerprint density at radius 2 is 2.00 bits per heavy atom. The summed E-state index contributed by atoms with van der Waals surface area (Å²) < 4.78 is 10.4. The van der Waals surface area contributed by atoms with E-state index in [-0.39, 0.29) is 11.9 Å². The summed E-state index contributed by atoms with van der Waals surface area (Å²) in [5.74, 6) is 0.488. The van der Waals surface area contributed by atoms with Crippen LogP contribution in [0.1, 0.15) is 32.1 Å². The van der Waals surface area contributed by atoms with Gasteiger partial charge in [-0.05, 0) is 50.8 Å². The normalized spacial score (nSPS) is 23.2. The van der Waals surface area contributed by atoms with Crippen LogP contribution in [-0.4, -0.2) is 74.8 Å². The number of amides is 3. The molecule has 2 saturated heterocycles. The second kappa shape index (κ2) is 10.1. The number of anilines is 1. The third-order valence-corrected chi connectivity index (χ3v) is 6.50. The predicted molar refractivity (Wildman–Crippen MR) is 116 cm³/mol. The Bertz CT molecular complexity index is 736. The van der Waals surface area contributed by atoms with Gasteiger partial charge in [0.1, 0.15) is 5.75 Å². The summed E-state index contributed by atoms with van der Waals surface area (Å²) in [6.45, 7) is 3.59. The molecule has 0 saturated carbocycles. The summed E-state index contributed by atoms with van der Waals surface area (Å²) in [4.78, 5) is 29.1. The van der Waals surface area contributed by atoms with Gasteiger partial charge in [-0.3, -0.25) is 9.69 Å². The van der Waals surface area contributed by atoms with E-state index in [4.69, 9.17) is 15.2 Å². The molecule has 30 heavy (non-hydrogen) atoms. The first-order valence-electron chi connectivity index (χ1n) is 10.7. The number of nitrogens with one attached hydrogen (secondary N) is 1. The van der Waals surface area contributed by atoms with E-state index in [9.17, 15) is 9.59 Å². The number of rotatable bonds is 7. The monoisotopic (exact) mass is 418 g/mol. The molecule has 0 bridgehead atoms. The van der Waals surface area contributed by atoms with Gasteiger partial charge in [-0.1, -0.05) is 6.07 Å². The minimum absolute atomic E-state index is 0.0908. The Morgan fingerprint density at radius 1 is 1.23 bits per heavy atom. The number of nitrogens with two attached hydrogens (primary N) is 1. The molecule has 166 valence electrons. The van der Waals surface area contributed by atoms with Crippen molar-refractivity contribution in [2.75, 3.05) is 52.3 Å². The van der Waals surface area contributed by atoms with Crippen LogP contribution in [0.15, 0.2) is 24.3 Å². The largest absolute Gasteiger partial charge is 0.497 e. The highest BCUT2D eigenvalue weighted by atomic mass is 16.5.